The molecule has 1 aromatic heterocycles. The van der Waals surface area contributed by atoms with Gasteiger partial charge in [-0.25, -0.2) is 9.36 Å². The van der Waals surface area contributed by atoms with Gasteiger partial charge in [0.2, 0.25) is 5.72 Å². The van der Waals surface area contributed by atoms with Crippen molar-refractivity contribution in [2.45, 2.75) is 62.3 Å². The van der Waals surface area contributed by atoms with Crippen molar-refractivity contribution >= 4 is 19.5 Å². The predicted molar refractivity (Wildman–Crippen MR) is 139 cm³/mol. The van der Waals surface area contributed by atoms with Gasteiger partial charge in [-0.05, 0) is 43.5 Å². The van der Waals surface area contributed by atoms with E-state index in [1.54, 1.807) is 25.1 Å². The van der Waals surface area contributed by atoms with Crippen LogP contribution in [0.25, 0.3) is 10.4 Å². The zero-order valence-electron chi connectivity index (χ0n) is 21.5. The molecule has 1 aliphatic heterocycles. The van der Waals surface area contributed by atoms with Crippen molar-refractivity contribution in [1.29, 1.82) is 0 Å². The average Bonchev–Trinajstić information content (AvgIpc) is 3.48. The number of carbonyl (C=O) groups excluding carboxylic acids is 1. The minimum absolute atomic E-state index is 0.0889. The molecule has 40 heavy (non-hydrogen) atoms. The Morgan fingerprint density at radius 2 is 2.02 bits per heavy atom. The van der Waals surface area contributed by atoms with Crippen LogP contribution in [0.3, 0.4) is 0 Å². The van der Waals surface area contributed by atoms with E-state index in [1.807, 2.05) is 0 Å². The molecule has 5 atom stereocenters. The molecule has 4 rings (SSSR count). The normalized spacial score (nSPS) is 26.9. The molecule has 216 valence electrons. The van der Waals surface area contributed by atoms with Crippen LogP contribution >= 0.6 is 7.75 Å². The number of nitrogens with zero attached hydrogens (tertiary/aromatic N) is 5. The molecule has 2 aliphatic rings. The lowest BCUT2D eigenvalue weighted by Crippen LogP contribution is -2.51. The van der Waals surface area contributed by atoms with Crippen LogP contribution in [-0.4, -0.2) is 62.4 Å². The highest BCUT2D eigenvalue weighted by molar-refractivity contribution is 7.52. The number of ether oxygens (including phenoxy) is 2. The first-order valence-corrected chi connectivity index (χ1v) is 14.0. The van der Waals surface area contributed by atoms with Crippen molar-refractivity contribution in [3.05, 3.63) is 63.5 Å². The SMILES string of the molecule is CCOC(=O)C1(NP(=O)(OC[C@]2(N=[N+]=[N-])O[C@@H](n3ccc(N)nc3=O)[C@@H](O)[C@H]2O)Oc2ccccc2)CCCC1. The van der Waals surface area contributed by atoms with Crippen molar-refractivity contribution in [2.75, 3.05) is 18.9 Å². The summed E-state index contributed by atoms with van der Waals surface area (Å²) in [6, 6.07) is 9.23. The Morgan fingerprint density at radius 3 is 2.65 bits per heavy atom. The van der Waals surface area contributed by atoms with Gasteiger partial charge in [0.1, 0.15) is 29.3 Å². The van der Waals surface area contributed by atoms with Crippen molar-refractivity contribution in [3.8, 4) is 5.75 Å². The number of aliphatic hydroxyl groups is 2. The van der Waals surface area contributed by atoms with Gasteiger partial charge in [-0.3, -0.25) is 13.9 Å². The number of nitrogen functional groups attached to an aromatic ring is 1. The second-order valence-corrected chi connectivity index (χ2v) is 11.0. The fraction of sp³-hybridized carbons (Fsp3) is 0.522. The van der Waals surface area contributed by atoms with E-state index in [0.29, 0.717) is 12.8 Å². The molecule has 16 nitrogen and oxygen atoms in total. The maximum Gasteiger partial charge on any atom is 0.459 e. The minimum Gasteiger partial charge on any atom is -0.465 e. The average molecular weight is 580 g/mol. The zero-order valence-corrected chi connectivity index (χ0v) is 22.4. The highest BCUT2D eigenvalue weighted by Gasteiger charge is 2.57. The van der Waals surface area contributed by atoms with Crippen molar-refractivity contribution in [2.24, 2.45) is 5.11 Å². The number of esters is 1. The number of para-hydroxylation sites is 1. The number of rotatable bonds is 11. The lowest BCUT2D eigenvalue weighted by Gasteiger charge is -2.33. The molecule has 1 aromatic carbocycles. The van der Waals surface area contributed by atoms with Crippen molar-refractivity contribution < 1.29 is 38.1 Å². The van der Waals surface area contributed by atoms with Crippen LogP contribution in [-0.2, 0) is 23.4 Å². The molecular formula is C23H30N7O9P. The van der Waals surface area contributed by atoms with Crippen LogP contribution in [0.1, 0.15) is 38.8 Å². The van der Waals surface area contributed by atoms with E-state index in [4.69, 9.17) is 24.3 Å². The Morgan fingerprint density at radius 1 is 1.32 bits per heavy atom. The number of aliphatic hydroxyl groups excluding tert-OH is 2. The maximum atomic E-state index is 14.2. The summed E-state index contributed by atoms with van der Waals surface area (Å²) in [6.07, 6.45) is -2.31. The van der Waals surface area contributed by atoms with Crippen LogP contribution in [0.15, 0.2) is 52.5 Å². The van der Waals surface area contributed by atoms with Gasteiger partial charge in [0.05, 0.1) is 13.2 Å². The fourth-order valence-electron chi connectivity index (χ4n) is 4.67. The molecule has 1 saturated heterocycles. The summed E-state index contributed by atoms with van der Waals surface area (Å²) < 4.78 is 37.3. The standard InChI is InChI=1S/C23H30N7O9P/c1-2-36-20(33)22(11-6-7-12-22)28-40(35,39-15-8-4-3-5-9-15)37-14-23(27-29-25)18(32)17(31)19(38-23)30-13-10-16(24)26-21(30)34/h3-5,8-10,13,17-19,31-32H,2,6-7,11-12,14H2,1H3,(H,28,35)(H2,24,26,34)/t17-,18+,19+,23-,40?/m0/s1. The van der Waals surface area contributed by atoms with E-state index in [1.165, 1.54) is 24.4 Å². The molecule has 0 radical (unpaired) electrons. The quantitative estimate of drug-likeness (QED) is 0.0980. The molecule has 1 aliphatic carbocycles. The Bertz CT molecular complexity index is 1360. The highest BCUT2D eigenvalue weighted by Crippen LogP contribution is 2.51. The topological polar surface area (TPSA) is 233 Å². The van der Waals surface area contributed by atoms with Gasteiger partial charge < -0.3 is 29.9 Å². The maximum absolute atomic E-state index is 14.2. The third-order valence-corrected chi connectivity index (χ3v) is 8.25. The van der Waals surface area contributed by atoms with Gasteiger partial charge in [-0.15, -0.1) is 0 Å². The molecule has 2 fully saturated rings. The summed E-state index contributed by atoms with van der Waals surface area (Å²) in [4.78, 5) is 31.6. The largest absolute Gasteiger partial charge is 0.465 e. The van der Waals surface area contributed by atoms with Crippen LogP contribution in [0, 0.1) is 0 Å². The number of nitrogens with one attached hydrogen (secondary N) is 1. The number of carbonyl (C=O) groups is 1. The number of nitrogens with two attached hydrogens (primary N) is 1. The van der Waals surface area contributed by atoms with Crippen LogP contribution in [0.5, 0.6) is 5.75 Å². The van der Waals surface area contributed by atoms with E-state index in [9.17, 15) is 29.9 Å². The molecule has 0 bridgehead atoms. The van der Waals surface area contributed by atoms with E-state index < -0.39 is 55.7 Å². The number of anilines is 1. The second-order valence-electron chi connectivity index (χ2n) is 9.32. The molecule has 5 N–H and O–H groups in total. The number of hydrogen-bond donors (Lipinski definition) is 4. The first-order chi connectivity index (χ1) is 19.1. The fourth-order valence-corrected chi connectivity index (χ4v) is 6.43. The molecule has 2 aromatic rings. The summed E-state index contributed by atoms with van der Waals surface area (Å²) in [5.41, 5.74) is 10.1. The van der Waals surface area contributed by atoms with E-state index >= 15 is 0 Å². The molecule has 17 heteroatoms. The van der Waals surface area contributed by atoms with E-state index in [0.717, 1.165) is 4.57 Å². The van der Waals surface area contributed by atoms with Gasteiger partial charge in [0.15, 0.2) is 6.23 Å². The monoisotopic (exact) mass is 579 g/mol. The van der Waals surface area contributed by atoms with Gasteiger partial charge in [0.25, 0.3) is 0 Å². The van der Waals surface area contributed by atoms with Crippen molar-refractivity contribution in [1.82, 2.24) is 14.6 Å². The molecular weight excluding hydrogens is 549 g/mol. The lowest BCUT2D eigenvalue weighted by molar-refractivity contribution is -0.150. The molecule has 0 spiro atoms. The van der Waals surface area contributed by atoms with E-state index in [-0.39, 0.29) is 31.0 Å². The van der Waals surface area contributed by atoms with Gasteiger partial charge in [-0.2, -0.15) is 10.1 Å². The summed E-state index contributed by atoms with van der Waals surface area (Å²) in [5.74, 6) is -0.606. The van der Waals surface area contributed by atoms with E-state index in [2.05, 4.69) is 20.1 Å². The summed E-state index contributed by atoms with van der Waals surface area (Å²) >= 11 is 0. The highest BCUT2D eigenvalue weighted by atomic mass is 31.2. The third-order valence-electron chi connectivity index (χ3n) is 6.63. The Balaban J connectivity index is 1.66. The summed E-state index contributed by atoms with van der Waals surface area (Å²) in [5, 5.41) is 27.8. The molecule has 1 saturated carbocycles. The number of azide groups is 1. The van der Waals surface area contributed by atoms with Crippen LogP contribution in [0.4, 0.5) is 5.82 Å². The third kappa shape index (κ3) is 5.98. The van der Waals surface area contributed by atoms with Crippen LogP contribution < -0.4 is 21.0 Å². The second kappa shape index (κ2) is 11.9. The van der Waals surface area contributed by atoms with Gasteiger partial charge in [0, 0.05) is 11.1 Å². The molecule has 1 unspecified atom stereocenters. The lowest BCUT2D eigenvalue weighted by atomic mass is 10.00. The summed E-state index contributed by atoms with van der Waals surface area (Å²) in [6.45, 7) is 0.813. The van der Waals surface area contributed by atoms with Gasteiger partial charge in [-0.1, -0.05) is 36.2 Å². The Labute approximate surface area is 228 Å². The molecule has 2 heterocycles. The van der Waals surface area contributed by atoms with Crippen molar-refractivity contribution in [3.63, 3.8) is 0 Å². The smallest absolute Gasteiger partial charge is 0.459 e. The summed E-state index contributed by atoms with van der Waals surface area (Å²) in [7, 11) is -4.51. The number of hydrogen-bond acceptors (Lipinski definition) is 12. The predicted octanol–water partition coefficient (Wildman–Crippen LogP) is 1.75. The minimum atomic E-state index is -4.51. The van der Waals surface area contributed by atoms with Crippen LogP contribution in [0.2, 0.25) is 0 Å². The number of aromatic nitrogens is 2. The Hall–Kier alpha value is -3.49. The first kappa shape index (κ1) is 29.5. The number of benzene rings is 1. The zero-order chi connectivity index (χ0) is 29.0. The van der Waals surface area contributed by atoms with Gasteiger partial charge >= 0.3 is 19.4 Å². The Kier molecular flexibility index (Phi) is 8.80. The molecule has 0 amide bonds. The first-order valence-electron chi connectivity index (χ1n) is 12.5.